The number of hydrogen-bond acceptors (Lipinski definition) is 3. The zero-order valence-electron chi connectivity index (χ0n) is 10.8. The van der Waals surface area contributed by atoms with Gasteiger partial charge in [-0.1, -0.05) is 0 Å². The molecule has 0 heterocycles. The summed E-state index contributed by atoms with van der Waals surface area (Å²) >= 11 is 3.26. The minimum atomic E-state index is -0.895. The van der Waals surface area contributed by atoms with E-state index in [1.165, 1.54) is 0 Å². The van der Waals surface area contributed by atoms with E-state index in [1.807, 2.05) is 6.07 Å². The van der Waals surface area contributed by atoms with Gasteiger partial charge < -0.3 is 15.7 Å². The monoisotopic (exact) mass is 339 g/mol. The van der Waals surface area contributed by atoms with Crippen molar-refractivity contribution in [1.82, 2.24) is 5.32 Å². The second kappa shape index (κ2) is 7.50. The van der Waals surface area contributed by atoms with Crippen LogP contribution in [0, 0.1) is 11.3 Å². The van der Waals surface area contributed by atoms with Crippen LogP contribution < -0.4 is 10.6 Å². The van der Waals surface area contributed by atoms with Crippen LogP contribution in [0.15, 0.2) is 22.7 Å². The molecular formula is C13H14BrN3O3. The summed E-state index contributed by atoms with van der Waals surface area (Å²) in [6, 6.07) is 6.13. The molecule has 0 bridgehead atoms. The summed E-state index contributed by atoms with van der Waals surface area (Å²) in [6.07, 6.45) is 0.360. The first kappa shape index (κ1) is 16.0. The molecule has 2 amide bonds. The van der Waals surface area contributed by atoms with Crippen molar-refractivity contribution in [3.05, 3.63) is 28.2 Å². The molecule has 0 aliphatic rings. The predicted molar refractivity (Wildman–Crippen MR) is 77.3 cm³/mol. The van der Waals surface area contributed by atoms with Crippen molar-refractivity contribution >= 4 is 33.6 Å². The van der Waals surface area contributed by atoms with Crippen molar-refractivity contribution < 1.29 is 14.7 Å². The van der Waals surface area contributed by atoms with Crippen LogP contribution in [-0.2, 0) is 4.79 Å². The second-order valence-electron chi connectivity index (χ2n) is 4.24. The minimum Gasteiger partial charge on any atom is -0.481 e. The van der Waals surface area contributed by atoms with Gasteiger partial charge in [0.05, 0.1) is 17.3 Å². The maximum absolute atomic E-state index is 11.7. The Bertz CT molecular complexity index is 554. The van der Waals surface area contributed by atoms with E-state index < -0.39 is 12.0 Å². The Balaban J connectivity index is 2.54. The molecule has 0 aliphatic carbocycles. The van der Waals surface area contributed by atoms with Gasteiger partial charge in [-0.3, -0.25) is 4.79 Å². The molecule has 1 unspecified atom stereocenters. The van der Waals surface area contributed by atoms with Crippen LogP contribution in [0.3, 0.4) is 0 Å². The normalized spacial score (nSPS) is 11.2. The molecule has 0 saturated heterocycles. The van der Waals surface area contributed by atoms with Gasteiger partial charge >= 0.3 is 12.0 Å². The van der Waals surface area contributed by atoms with Gasteiger partial charge in [0, 0.05) is 16.9 Å². The molecule has 0 saturated carbocycles. The molecule has 0 fully saturated rings. The van der Waals surface area contributed by atoms with E-state index in [-0.39, 0.29) is 12.5 Å². The van der Waals surface area contributed by atoms with E-state index in [9.17, 15) is 9.59 Å². The van der Waals surface area contributed by atoms with E-state index in [4.69, 9.17) is 10.4 Å². The maximum Gasteiger partial charge on any atom is 0.319 e. The van der Waals surface area contributed by atoms with Crippen molar-refractivity contribution in [2.45, 2.75) is 25.8 Å². The van der Waals surface area contributed by atoms with Gasteiger partial charge in [0.15, 0.2) is 0 Å². The smallest absolute Gasteiger partial charge is 0.319 e. The summed E-state index contributed by atoms with van der Waals surface area (Å²) in [4.78, 5) is 22.1. The average molecular weight is 340 g/mol. The van der Waals surface area contributed by atoms with Crippen LogP contribution >= 0.6 is 15.9 Å². The highest BCUT2D eigenvalue weighted by molar-refractivity contribution is 9.10. The van der Waals surface area contributed by atoms with Crippen molar-refractivity contribution in [3.8, 4) is 6.07 Å². The number of nitrogens with one attached hydrogen (secondary N) is 2. The Labute approximate surface area is 124 Å². The number of hydrogen-bond donors (Lipinski definition) is 3. The van der Waals surface area contributed by atoms with Crippen LogP contribution in [-0.4, -0.2) is 23.1 Å². The summed E-state index contributed by atoms with van der Waals surface area (Å²) < 4.78 is 0.602. The molecule has 1 rings (SSSR count). The second-order valence-corrected chi connectivity index (χ2v) is 5.09. The number of halogens is 1. The summed E-state index contributed by atoms with van der Waals surface area (Å²) in [5, 5.41) is 22.6. The van der Waals surface area contributed by atoms with E-state index in [0.717, 1.165) is 0 Å². The van der Waals surface area contributed by atoms with E-state index >= 15 is 0 Å². The van der Waals surface area contributed by atoms with Gasteiger partial charge in [-0.25, -0.2) is 4.79 Å². The maximum atomic E-state index is 11.7. The highest BCUT2D eigenvalue weighted by Gasteiger charge is 2.10. The van der Waals surface area contributed by atoms with Crippen molar-refractivity contribution in [1.29, 1.82) is 5.26 Å². The molecule has 0 spiro atoms. The van der Waals surface area contributed by atoms with Gasteiger partial charge in [0.1, 0.15) is 0 Å². The SMILES string of the molecule is CC(CCC(=O)O)NC(=O)Nc1ccc(C#N)cc1Br. The number of anilines is 1. The highest BCUT2D eigenvalue weighted by Crippen LogP contribution is 2.23. The molecule has 0 radical (unpaired) electrons. The van der Waals surface area contributed by atoms with Crippen molar-refractivity contribution in [2.75, 3.05) is 5.32 Å². The summed E-state index contributed by atoms with van der Waals surface area (Å²) in [5.74, 6) is -0.895. The number of amides is 2. The van der Waals surface area contributed by atoms with Crippen LogP contribution in [0.5, 0.6) is 0 Å². The molecule has 1 atom stereocenters. The zero-order chi connectivity index (χ0) is 15.1. The highest BCUT2D eigenvalue weighted by atomic mass is 79.9. The topological polar surface area (TPSA) is 102 Å². The summed E-state index contributed by atoms with van der Waals surface area (Å²) in [7, 11) is 0. The standard InChI is InChI=1S/C13H14BrN3O3/c1-8(2-5-12(18)19)16-13(20)17-11-4-3-9(7-15)6-10(11)14/h3-4,6,8H,2,5H2,1H3,(H,18,19)(H2,16,17,20). The Morgan fingerprint density at radius 3 is 2.75 bits per heavy atom. The summed E-state index contributed by atoms with van der Waals surface area (Å²) in [6.45, 7) is 1.73. The molecule has 106 valence electrons. The quantitative estimate of drug-likeness (QED) is 0.767. The fourth-order valence-electron chi connectivity index (χ4n) is 1.48. The van der Waals surface area contributed by atoms with Crippen LogP contribution in [0.1, 0.15) is 25.3 Å². The summed E-state index contributed by atoms with van der Waals surface area (Å²) in [5.41, 5.74) is 1.02. The minimum absolute atomic E-state index is 0.00199. The first-order valence-corrected chi connectivity index (χ1v) is 6.70. The molecule has 0 aromatic heterocycles. The van der Waals surface area contributed by atoms with E-state index in [1.54, 1.807) is 25.1 Å². The van der Waals surface area contributed by atoms with Crippen LogP contribution in [0.4, 0.5) is 10.5 Å². The molecular weight excluding hydrogens is 326 g/mol. The number of rotatable bonds is 5. The average Bonchev–Trinajstić information content (AvgIpc) is 2.38. The van der Waals surface area contributed by atoms with E-state index in [0.29, 0.717) is 22.1 Å². The molecule has 6 nitrogen and oxygen atoms in total. The third kappa shape index (κ3) is 5.28. The zero-order valence-corrected chi connectivity index (χ0v) is 12.4. The Hall–Kier alpha value is -2.07. The molecule has 20 heavy (non-hydrogen) atoms. The number of benzene rings is 1. The number of carboxylic acid groups (broad SMARTS) is 1. The number of aliphatic carboxylic acids is 1. The molecule has 7 heteroatoms. The third-order valence-corrected chi connectivity index (χ3v) is 3.17. The number of urea groups is 1. The number of carboxylic acids is 1. The fourth-order valence-corrected chi connectivity index (χ4v) is 1.96. The van der Waals surface area contributed by atoms with Crippen molar-refractivity contribution in [3.63, 3.8) is 0 Å². The number of nitrogens with zero attached hydrogens (tertiary/aromatic N) is 1. The van der Waals surface area contributed by atoms with Crippen LogP contribution in [0.25, 0.3) is 0 Å². The molecule has 3 N–H and O–H groups in total. The number of carbonyl (C=O) groups is 2. The van der Waals surface area contributed by atoms with Gasteiger partial charge in [-0.2, -0.15) is 5.26 Å². The molecule has 1 aromatic carbocycles. The number of carbonyl (C=O) groups excluding carboxylic acids is 1. The lowest BCUT2D eigenvalue weighted by Gasteiger charge is -2.14. The predicted octanol–water partition coefficient (Wildman–Crippen LogP) is 2.70. The fraction of sp³-hybridized carbons (Fsp3) is 0.308. The number of nitriles is 1. The Morgan fingerprint density at radius 2 is 2.20 bits per heavy atom. The third-order valence-electron chi connectivity index (χ3n) is 2.52. The lowest BCUT2D eigenvalue weighted by molar-refractivity contribution is -0.137. The molecule has 1 aromatic rings. The molecule has 0 aliphatic heterocycles. The lowest BCUT2D eigenvalue weighted by atomic mass is 10.2. The van der Waals surface area contributed by atoms with Gasteiger partial charge in [-0.15, -0.1) is 0 Å². The van der Waals surface area contributed by atoms with Gasteiger partial charge in [-0.05, 0) is 47.5 Å². The Morgan fingerprint density at radius 1 is 1.50 bits per heavy atom. The lowest BCUT2D eigenvalue weighted by Crippen LogP contribution is -2.36. The van der Waals surface area contributed by atoms with Gasteiger partial charge in [0.2, 0.25) is 0 Å². The van der Waals surface area contributed by atoms with Crippen LogP contribution in [0.2, 0.25) is 0 Å². The van der Waals surface area contributed by atoms with Crippen molar-refractivity contribution in [2.24, 2.45) is 0 Å². The first-order chi connectivity index (χ1) is 9.42. The van der Waals surface area contributed by atoms with E-state index in [2.05, 4.69) is 26.6 Å². The first-order valence-electron chi connectivity index (χ1n) is 5.91. The van der Waals surface area contributed by atoms with Gasteiger partial charge in [0.25, 0.3) is 0 Å². The largest absolute Gasteiger partial charge is 0.481 e. The Kier molecular flexibility index (Phi) is 6.00.